The first-order valence-corrected chi connectivity index (χ1v) is 5.31. The molecule has 0 spiro atoms. The lowest BCUT2D eigenvalue weighted by molar-refractivity contribution is -0.150. The Labute approximate surface area is 109 Å². The van der Waals surface area contributed by atoms with Crippen LogP contribution in [0, 0.1) is 0 Å². The molecule has 0 saturated heterocycles. The van der Waals surface area contributed by atoms with Gasteiger partial charge in [0.15, 0.2) is 11.7 Å². The molecule has 0 aromatic heterocycles. The van der Waals surface area contributed by atoms with Crippen molar-refractivity contribution in [1.82, 2.24) is 5.32 Å². The minimum Gasteiger partial charge on any atom is -0.462 e. The SMILES string of the molecule is C=C(C)C(=O)OCCC(=O)OCC(=O)NC(N)=S. The van der Waals surface area contributed by atoms with E-state index in [9.17, 15) is 14.4 Å². The van der Waals surface area contributed by atoms with Crippen LogP contribution in [-0.2, 0) is 23.9 Å². The van der Waals surface area contributed by atoms with Crippen LogP contribution >= 0.6 is 12.2 Å². The highest BCUT2D eigenvalue weighted by atomic mass is 32.1. The number of esters is 2. The Morgan fingerprint density at radius 2 is 1.94 bits per heavy atom. The maximum atomic E-state index is 11.1. The lowest BCUT2D eigenvalue weighted by Crippen LogP contribution is -2.37. The van der Waals surface area contributed by atoms with Crippen molar-refractivity contribution in [1.29, 1.82) is 0 Å². The van der Waals surface area contributed by atoms with Crippen LogP contribution in [0.3, 0.4) is 0 Å². The van der Waals surface area contributed by atoms with Crippen molar-refractivity contribution in [3.05, 3.63) is 12.2 Å². The van der Waals surface area contributed by atoms with Crippen molar-refractivity contribution >= 4 is 35.2 Å². The zero-order chi connectivity index (χ0) is 14.1. The van der Waals surface area contributed by atoms with E-state index in [1.54, 1.807) is 0 Å². The van der Waals surface area contributed by atoms with Crippen LogP contribution in [0.5, 0.6) is 0 Å². The maximum Gasteiger partial charge on any atom is 0.333 e. The lowest BCUT2D eigenvalue weighted by atomic mass is 10.4. The number of nitrogens with one attached hydrogen (secondary N) is 1. The van der Waals surface area contributed by atoms with Gasteiger partial charge in [0.1, 0.15) is 6.61 Å². The zero-order valence-electron chi connectivity index (χ0n) is 9.86. The Bertz CT molecular complexity index is 380. The molecule has 0 aliphatic carbocycles. The number of carbonyl (C=O) groups is 3. The van der Waals surface area contributed by atoms with Gasteiger partial charge in [0.25, 0.3) is 5.91 Å². The molecule has 18 heavy (non-hydrogen) atoms. The predicted octanol–water partition coefficient (Wildman–Crippen LogP) is -0.601. The Morgan fingerprint density at radius 1 is 1.33 bits per heavy atom. The summed E-state index contributed by atoms with van der Waals surface area (Å²) in [5.41, 5.74) is 5.27. The average Bonchev–Trinajstić information content (AvgIpc) is 2.25. The number of rotatable bonds is 6. The maximum absolute atomic E-state index is 11.1. The van der Waals surface area contributed by atoms with Gasteiger partial charge in [0.2, 0.25) is 0 Å². The monoisotopic (exact) mass is 274 g/mol. The topological polar surface area (TPSA) is 108 Å². The minimum absolute atomic E-state index is 0.137. The first kappa shape index (κ1) is 16.0. The van der Waals surface area contributed by atoms with Gasteiger partial charge >= 0.3 is 11.9 Å². The van der Waals surface area contributed by atoms with Crippen molar-refractivity contribution in [3.8, 4) is 0 Å². The highest BCUT2D eigenvalue weighted by Crippen LogP contribution is 1.94. The second kappa shape index (κ2) is 8.18. The lowest BCUT2D eigenvalue weighted by Gasteiger charge is -2.06. The number of ether oxygens (including phenoxy) is 2. The molecule has 0 rings (SSSR count). The first-order chi connectivity index (χ1) is 8.32. The Morgan fingerprint density at radius 3 is 2.44 bits per heavy atom. The quantitative estimate of drug-likeness (QED) is 0.378. The van der Waals surface area contributed by atoms with E-state index in [0.29, 0.717) is 0 Å². The number of carbonyl (C=O) groups excluding carboxylic acids is 3. The van der Waals surface area contributed by atoms with Gasteiger partial charge in [-0.25, -0.2) is 4.79 Å². The van der Waals surface area contributed by atoms with Crippen molar-refractivity contribution in [2.45, 2.75) is 13.3 Å². The summed E-state index contributed by atoms with van der Waals surface area (Å²) in [7, 11) is 0. The summed E-state index contributed by atoms with van der Waals surface area (Å²) in [6.45, 7) is 4.23. The third-order valence-corrected chi connectivity index (χ3v) is 1.62. The van der Waals surface area contributed by atoms with Crippen LogP contribution in [-0.4, -0.2) is 36.2 Å². The molecule has 8 heteroatoms. The molecule has 1 amide bonds. The van der Waals surface area contributed by atoms with E-state index < -0.39 is 24.5 Å². The Balaban J connectivity index is 3.72. The van der Waals surface area contributed by atoms with Gasteiger partial charge in [0, 0.05) is 5.57 Å². The number of hydrogen-bond acceptors (Lipinski definition) is 6. The van der Waals surface area contributed by atoms with E-state index in [0.717, 1.165) is 0 Å². The first-order valence-electron chi connectivity index (χ1n) is 4.90. The van der Waals surface area contributed by atoms with E-state index in [4.69, 9.17) is 5.73 Å². The van der Waals surface area contributed by atoms with Gasteiger partial charge in [-0.1, -0.05) is 6.58 Å². The Kier molecular flexibility index (Phi) is 7.29. The van der Waals surface area contributed by atoms with Gasteiger partial charge in [-0.15, -0.1) is 0 Å². The van der Waals surface area contributed by atoms with Crippen LogP contribution in [0.1, 0.15) is 13.3 Å². The van der Waals surface area contributed by atoms with Crippen LogP contribution in [0.2, 0.25) is 0 Å². The summed E-state index contributed by atoms with van der Waals surface area (Å²) in [6.07, 6.45) is -0.153. The fraction of sp³-hybridized carbons (Fsp3) is 0.400. The van der Waals surface area contributed by atoms with Gasteiger partial charge in [-0.05, 0) is 19.1 Å². The van der Waals surface area contributed by atoms with Gasteiger partial charge in [-0.2, -0.15) is 0 Å². The smallest absolute Gasteiger partial charge is 0.333 e. The molecule has 0 saturated carbocycles. The van der Waals surface area contributed by atoms with Crippen molar-refractivity contribution in [2.75, 3.05) is 13.2 Å². The van der Waals surface area contributed by atoms with Crippen molar-refractivity contribution in [3.63, 3.8) is 0 Å². The molecule has 0 bridgehead atoms. The number of hydrogen-bond donors (Lipinski definition) is 2. The molecular formula is C10H14N2O5S. The second-order valence-electron chi connectivity index (χ2n) is 3.24. The third-order valence-electron chi connectivity index (χ3n) is 1.51. The standard InChI is InChI=1S/C10H14N2O5S/c1-6(2)9(15)16-4-3-8(14)17-5-7(13)12-10(11)18/h1,3-5H2,2H3,(H3,11,12,13,18). The molecule has 0 aromatic rings. The summed E-state index contributed by atoms with van der Waals surface area (Å²) in [4.78, 5) is 33.0. The fourth-order valence-electron chi connectivity index (χ4n) is 0.742. The van der Waals surface area contributed by atoms with Crippen LogP contribution in [0.4, 0.5) is 0 Å². The second-order valence-corrected chi connectivity index (χ2v) is 3.68. The summed E-state index contributed by atoms with van der Waals surface area (Å²) < 4.78 is 9.23. The van der Waals surface area contributed by atoms with Crippen molar-refractivity contribution < 1.29 is 23.9 Å². The van der Waals surface area contributed by atoms with E-state index >= 15 is 0 Å². The zero-order valence-corrected chi connectivity index (χ0v) is 10.7. The van der Waals surface area contributed by atoms with E-state index in [1.165, 1.54) is 6.92 Å². The summed E-state index contributed by atoms with van der Waals surface area (Å²) in [6, 6.07) is 0. The van der Waals surface area contributed by atoms with Crippen LogP contribution < -0.4 is 11.1 Å². The van der Waals surface area contributed by atoms with Crippen molar-refractivity contribution in [2.24, 2.45) is 5.73 Å². The minimum atomic E-state index is -0.678. The van der Waals surface area contributed by atoms with Gasteiger partial charge < -0.3 is 20.5 Å². The fourth-order valence-corrected chi connectivity index (χ4v) is 0.856. The molecular weight excluding hydrogens is 260 g/mol. The normalized spacial score (nSPS) is 9.17. The molecule has 0 fully saturated rings. The van der Waals surface area contributed by atoms with E-state index in [-0.39, 0.29) is 23.7 Å². The molecule has 100 valence electrons. The molecule has 0 aliphatic rings. The molecule has 0 unspecified atom stereocenters. The third kappa shape index (κ3) is 8.22. The molecule has 0 aliphatic heterocycles. The van der Waals surface area contributed by atoms with Crippen LogP contribution in [0.25, 0.3) is 0 Å². The average molecular weight is 274 g/mol. The van der Waals surface area contributed by atoms with E-state index in [2.05, 4.69) is 33.6 Å². The number of amides is 1. The molecule has 0 aromatic carbocycles. The number of thiocarbonyl (C=S) groups is 1. The summed E-state index contributed by atoms with van der Waals surface area (Å²) in [5, 5.41) is 1.88. The van der Waals surface area contributed by atoms with E-state index in [1.807, 2.05) is 0 Å². The highest BCUT2D eigenvalue weighted by molar-refractivity contribution is 7.80. The van der Waals surface area contributed by atoms with Crippen LogP contribution in [0.15, 0.2) is 12.2 Å². The summed E-state index contributed by atoms with van der Waals surface area (Å²) >= 11 is 4.41. The largest absolute Gasteiger partial charge is 0.462 e. The van der Waals surface area contributed by atoms with Gasteiger partial charge in [-0.3, -0.25) is 9.59 Å². The Hall–Kier alpha value is -1.96. The van der Waals surface area contributed by atoms with Gasteiger partial charge in [0.05, 0.1) is 6.42 Å². The summed E-state index contributed by atoms with van der Waals surface area (Å²) in [5.74, 6) is -1.90. The predicted molar refractivity (Wildman–Crippen MR) is 66.3 cm³/mol. The molecule has 0 atom stereocenters. The number of nitrogens with two attached hydrogens (primary N) is 1. The highest BCUT2D eigenvalue weighted by Gasteiger charge is 2.09. The molecule has 0 radical (unpaired) electrons. The molecule has 3 N–H and O–H groups in total. The molecule has 7 nitrogen and oxygen atoms in total. The molecule has 0 heterocycles.